The van der Waals surface area contributed by atoms with E-state index in [1.165, 1.54) is 10.5 Å². The number of nitrogens with one attached hydrogen (secondary N) is 1. The zero-order chi connectivity index (χ0) is 20.7. The predicted octanol–water partition coefficient (Wildman–Crippen LogP) is 4.59. The average molecular weight is 405 g/mol. The fourth-order valence-corrected chi connectivity index (χ4v) is 3.46. The summed E-state index contributed by atoms with van der Waals surface area (Å²) < 4.78 is 5.16. The molecule has 1 heterocycles. The molecule has 1 aliphatic rings. The van der Waals surface area contributed by atoms with Gasteiger partial charge >= 0.3 is 6.09 Å². The van der Waals surface area contributed by atoms with Crippen LogP contribution in [0.5, 0.6) is 0 Å². The Balaban J connectivity index is 1.80. The molecule has 0 radical (unpaired) electrons. The molecule has 0 saturated carbocycles. The number of hydrogen-bond donors (Lipinski definition) is 1. The van der Waals surface area contributed by atoms with Gasteiger partial charge in [-0.3, -0.25) is 14.5 Å². The number of benzene rings is 1. The summed E-state index contributed by atoms with van der Waals surface area (Å²) in [5, 5.41) is 2.42. The molecule has 0 bridgehead atoms. The largest absolute Gasteiger partial charge is 0.444 e. The first-order valence-electron chi connectivity index (χ1n) is 9.51. The zero-order valence-electron chi connectivity index (χ0n) is 16.9. The minimum atomic E-state index is -0.532. The number of hydrogen-bond acceptors (Lipinski definition) is 5. The number of nitrogens with zero attached hydrogens (tertiary/aromatic N) is 1. The maximum atomic E-state index is 12.5. The predicted molar refractivity (Wildman–Crippen MR) is 112 cm³/mol. The molecule has 1 fully saturated rings. The van der Waals surface area contributed by atoms with E-state index < -0.39 is 11.7 Å². The number of aryl methyl sites for hydroxylation is 1. The van der Waals surface area contributed by atoms with Crippen LogP contribution < -0.4 is 5.32 Å². The fraction of sp³-hybridized carbons (Fsp3) is 0.476. The molecule has 1 aliphatic heterocycles. The second-order valence-corrected chi connectivity index (χ2v) is 8.56. The summed E-state index contributed by atoms with van der Waals surface area (Å²) in [7, 11) is 0. The normalized spacial score (nSPS) is 16.0. The smallest absolute Gasteiger partial charge is 0.407 e. The Hall–Kier alpha value is -2.28. The number of carbonyl (C=O) groups excluding carboxylic acids is 3. The number of ether oxygens (including phenoxy) is 1. The van der Waals surface area contributed by atoms with Crippen molar-refractivity contribution in [1.29, 1.82) is 0 Å². The minimum absolute atomic E-state index is 0.249. The van der Waals surface area contributed by atoms with E-state index >= 15 is 0 Å². The van der Waals surface area contributed by atoms with Crippen molar-refractivity contribution in [1.82, 2.24) is 10.2 Å². The van der Waals surface area contributed by atoms with Crippen LogP contribution in [-0.2, 0) is 16.0 Å². The molecule has 2 rings (SSSR count). The molecule has 6 nitrogen and oxygen atoms in total. The van der Waals surface area contributed by atoms with Crippen LogP contribution in [0, 0.1) is 0 Å². The van der Waals surface area contributed by atoms with Crippen molar-refractivity contribution in [2.24, 2.45) is 0 Å². The number of rotatable bonds is 7. The van der Waals surface area contributed by atoms with Gasteiger partial charge in [-0.05, 0) is 69.0 Å². The Kier molecular flexibility index (Phi) is 7.69. The second-order valence-electron chi connectivity index (χ2n) is 7.56. The van der Waals surface area contributed by atoms with E-state index in [-0.39, 0.29) is 11.1 Å². The van der Waals surface area contributed by atoms with Crippen LogP contribution in [0.2, 0.25) is 0 Å². The van der Waals surface area contributed by atoms with Crippen LogP contribution in [0.4, 0.5) is 9.59 Å². The van der Waals surface area contributed by atoms with Crippen molar-refractivity contribution >= 4 is 35.1 Å². The third-order valence-electron chi connectivity index (χ3n) is 4.04. The highest BCUT2D eigenvalue weighted by molar-refractivity contribution is 8.18. The van der Waals surface area contributed by atoms with Gasteiger partial charge in [-0.15, -0.1) is 0 Å². The number of amides is 3. The Morgan fingerprint density at radius 3 is 2.46 bits per heavy atom. The van der Waals surface area contributed by atoms with E-state index in [2.05, 4.69) is 12.2 Å². The topological polar surface area (TPSA) is 75.7 Å². The molecule has 0 aromatic heterocycles. The molecular formula is C21H28N2O4S. The minimum Gasteiger partial charge on any atom is -0.444 e. The highest BCUT2D eigenvalue weighted by atomic mass is 32.2. The summed E-state index contributed by atoms with van der Waals surface area (Å²) in [4.78, 5) is 37.9. The maximum absolute atomic E-state index is 12.5. The molecule has 1 aromatic carbocycles. The third kappa shape index (κ3) is 6.71. The van der Waals surface area contributed by atoms with E-state index in [4.69, 9.17) is 4.74 Å². The van der Waals surface area contributed by atoms with Crippen molar-refractivity contribution in [2.75, 3.05) is 13.1 Å². The van der Waals surface area contributed by atoms with E-state index in [1.807, 2.05) is 24.3 Å². The van der Waals surface area contributed by atoms with Gasteiger partial charge in [-0.2, -0.15) is 0 Å². The lowest BCUT2D eigenvalue weighted by atomic mass is 10.1. The van der Waals surface area contributed by atoms with Crippen molar-refractivity contribution in [3.05, 3.63) is 40.3 Å². The fourth-order valence-electron chi connectivity index (χ4n) is 2.59. The van der Waals surface area contributed by atoms with Crippen molar-refractivity contribution in [3.63, 3.8) is 0 Å². The van der Waals surface area contributed by atoms with E-state index in [1.54, 1.807) is 26.8 Å². The lowest BCUT2D eigenvalue weighted by Crippen LogP contribution is -2.33. The van der Waals surface area contributed by atoms with Gasteiger partial charge in [0.15, 0.2) is 0 Å². The molecule has 1 saturated heterocycles. The quantitative estimate of drug-likeness (QED) is 0.531. The molecule has 152 valence electrons. The van der Waals surface area contributed by atoms with Crippen LogP contribution in [0.15, 0.2) is 29.2 Å². The molecule has 0 spiro atoms. The van der Waals surface area contributed by atoms with E-state index in [9.17, 15) is 14.4 Å². The van der Waals surface area contributed by atoms with Crippen LogP contribution >= 0.6 is 11.8 Å². The molecule has 0 aliphatic carbocycles. The summed E-state index contributed by atoms with van der Waals surface area (Å²) in [6.07, 6.45) is 3.52. The van der Waals surface area contributed by atoms with Crippen LogP contribution in [0.25, 0.3) is 6.08 Å². The van der Waals surface area contributed by atoms with Gasteiger partial charge in [0, 0.05) is 13.1 Å². The van der Waals surface area contributed by atoms with Gasteiger partial charge in [0.2, 0.25) is 0 Å². The van der Waals surface area contributed by atoms with Gasteiger partial charge in [-0.1, -0.05) is 31.2 Å². The van der Waals surface area contributed by atoms with E-state index in [0.29, 0.717) is 30.8 Å². The SMILES string of the molecule is CCc1ccc(C=C2SC(=O)N(CCCCNC(=O)OC(C)(C)C)C2=O)cc1. The number of unbranched alkanes of at least 4 members (excludes halogenated alkanes) is 1. The first-order valence-corrected chi connectivity index (χ1v) is 10.3. The zero-order valence-corrected chi connectivity index (χ0v) is 17.7. The monoisotopic (exact) mass is 404 g/mol. The van der Waals surface area contributed by atoms with Crippen molar-refractivity contribution in [2.45, 2.75) is 52.6 Å². The third-order valence-corrected chi connectivity index (χ3v) is 4.94. The van der Waals surface area contributed by atoms with Gasteiger partial charge < -0.3 is 10.1 Å². The van der Waals surface area contributed by atoms with Crippen LogP contribution in [0.3, 0.4) is 0 Å². The molecule has 1 aromatic rings. The van der Waals surface area contributed by atoms with Crippen LogP contribution in [-0.4, -0.2) is 40.8 Å². The lowest BCUT2D eigenvalue weighted by molar-refractivity contribution is -0.122. The molecule has 7 heteroatoms. The summed E-state index contributed by atoms with van der Waals surface area (Å²) >= 11 is 0.970. The number of carbonyl (C=O) groups is 3. The number of imide groups is 1. The molecular weight excluding hydrogens is 376 g/mol. The first kappa shape index (κ1) is 22.0. The second kappa shape index (κ2) is 9.78. The molecule has 28 heavy (non-hydrogen) atoms. The molecule has 0 atom stereocenters. The summed E-state index contributed by atoms with van der Waals surface area (Å²) in [6, 6.07) is 7.95. The summed E-state index contributed by atoms with van der Waals surface area (Å²) in [5.74, 6) is -0.255. The lowest BCUT2D eigenvalue weighted by Gasteiger charge is -2.19. The molecule has 3 amide bonds. The van der Waals surface area contributed by atoms with Crippen molar-refractivity contribution < 1.29 is 19.1 Å². The Morgan fingerprint density at radius 1 is 1.18 bits per heavy atom. The highest BCUT2D eigenvalue weighted by Gasteiger charge is 2.34. The van der Waals surface area contributed by atoms with Gasteiger partial charge in [0.1, 0.15) is 5.60 Å². The van der Waals surface area contributed by atoms with E-state index in [0.717, 1.165) is 23.7 Å². The summed E-state index contributed by atoms with van der Waals surface area (Å²) in [6.45, 7) is 8.27. The van der Waals surface area contributed by atoms with Gasteiger partial charge in [-0.25, -0.2) is 4.79 Å². The number of thioether (sulfide) groups is 1. The Labute approximate surface area is 170 Å². The highest BCUT2D eigenvalue weighted by Crippen LogP contribution is 2.32. The van der Waals surface area contributed by atoms with Crippen molar-refractivity contribution in [3.8, 4) is 0 Å². The standard InChI is InChI=1S/C21H28N2O4S/c1-5-15-8-10-16(11-9-15)14-17-18(24)23(20(26)28-17)13-7-6-12-22-19(25)27-21(2,3)4/h8-11,14H,5-7,12-13H2,1-4H3,(H,22,25). The van der Waals surface area contributed by atoms with Gasteiger partial charge in [0.05, 0.1) is 4.91 Å². The van der Waals surface area contributed by atoms with Gasteiger partial charge in [0.25, 0.3) is 11.1 Å². The maximum Gasteiger partial charge on any atom is 0.407 e. The first-order chi connectivity index (χ1) is 13.2. The summed E-state index contributed by atoms with van der Waals surface area (Å²) in [5.41, 5.74) is 1.60. The Morgan fingerprint density at radius 2 is 1.86 bits per heavy atom. The number of alkyl carbamates (subject to hydrolysis) is 1. The average Bonchev–Trinajstić information content (AvgIpc) is 2.87. The molecule has 0 unspecified atom stereocenters. The van der Waals surface area contributed by atoms with Crippen LogP contribution in [0.1, 0.15) is 51.7 Å². The Bertz CT molecular complexity index is 751. The molecule has 1 N–H and O–H groups in total.